The van der Waals surface area contributed by atoms with E-state index < -0.39 is 0 Å². The van der Waals surface area contributed by atoms with Gasteiger partial charge in [0, 0.05) is 62.2 Å². The predicted octanol–water partition coefficient (Wildman–Crippen LogP) is 4.29. The fourth-order valence-corrected chi connectivity index (χ4v) is 4.02. The minimum absolute atomic E-state index is 0.0138. The minimum atomic E-state index is -0.0138. The largest absolute Gasteiger partial charge is 0.372 e. The summed E-state index contributed by atoms with van der Waals surface area (Å²) in [6, 6.07) is 16.2. The summed E-state index contributed by atoms with van der Waals surface area (Å²) in [4.78, 5) is 19.2. The van der Waals surface area contributed by atoms with Crippen LogP contribution in [0.4, 0.5) is 16.2 Å². The van der Waals surface area contributed by atoms with E-state index in [1.54, 1.807) is 0 Å². The van der Waals surface area contributed by atoms with Gasteiger partial charge in [-0.3, -0.25) is 4.90 Å². The second kappa shape index (κ2) is 8.84. The lowest BCUT2D eigenvalue weighted by Crippen LogP contribution is -2.49. The second-order valence-corrected chi connectivity index (χ2v) is 8.00. The van der Waals surface area contributed by atoms with Crippen molar-refractivity contribution in [2.45, 2.75) is 19.4 Å². The number of halogens is 1. The number of piperazine rings is 1. The molecular formula is C22H27ClN4O. The van der Waals surface area contributed by atoms with Gasteiger partial charge in [0.05, 0.1) is 0 Å². The molecular weight excluding hydrogens is 372 g/mol. The van der Waals surface area contributed by atoms with Crippen LogP contribution in [0.25, 0.3) is 0 Å². The number of nitrogens with zero attached hydrogens (tertiary/aromatic N) is 3. The molecule has 5 nitrogen and oxygen atoms in total. The molecule has 2 aliphatic heterocycles. The van der Waals surface area contributed by atoms with Gasteiger partial charge in [0.25, 0.3) is 0 Å². The number of carbonyl (C=O) groups excluding carboxylic acids is 1. The van der Waals surface area contributed by atoms with Crippen molar-refractivity contribution < 1.29 is 4.79 Å². The molecule has 0 saturated carbocycles. The average molecular weight is 399 g/mol. The van der Waals surface area contributed by atoms with Crippen molar-refractivity contribution in [3.05, 3.63) is 59.1 Å². The Hall–Kier alpha value is -2.24. The SMILES string of the molecule is O=C(Nc1ccc(N2CCCC2)cc1)N1CCN(Cc2ccc(Cl)cc2)CC1. The van der Waals surface area contributed by atoms with Crippen molar-refractivity contribution in [2.24, 2.45) is 0 Å². The third-order valence-electron chi connectivity index (χ3n) is 5.57. The van der Waals surface area contributed by atoms with Gasteiger partial charge in [-0.25, -0.2) is 4.79 Å². The Kier molecular flexibility index (Phi) is 6.03. The van der Waals surface area contributed by atoms with Crippen LogP contribution in [0.3, 0.4) is 0 Å². The number of benzene rings is 2. The van der Waals surface area contributed by atoms with E-state index in [0.29, 0.717) is 0 Å². The maximum atomic E-state index is 12.6. The monoisotopic (exact) mass is 398 g/mol. The van der Waals surface area contributed by atoms with Crippen LogP contribution in [0.15, 0.2) is 48.5 Å². The van der Waals surface area contributed by atoms with Crippen molar-refractivity contribution in [2.75, 3.05) is 49.5 Å². The first-order valence-corrected chi connectivity index (χ1v) is 10.4. The van der Waals surface area contributed by atoms with Crippen LogP contribution in [0.2, 0.25) is 5.02 Å². The molecule has 2 saturated heterocycles. The number of urea groups is 1. The number of nitrogens with one attached hydrogen (secondary N) is 1. The van der Waals surface area contributed by atoms with Crippen LogP contribution in [-0.2, 0) is 6.54 Å². The maximum absolute atomic E-state index is 12.6. The molecule has 2 amide bonds. The summed E-state index contributed by atoms with van der Waals surface area (Å²) >= 11 is 5.95. The summed E-state index contributed by atoms with van der Waals surface area (Å²) in [6.45, 7) is 6.40. The molecule has 1 N–H and O–H groups in total. The lowest BCUT2D eigenvalue weighted by Gasteiger charge is -2.34. The molecule has 2 heterocycles. The van der Waals surface area contributed by atoms with Crippen molar-refractivity contribution in [3.8, 4) is 0 Å². The molecule has 28 heavy (non-hydrogen) atoms. The maximum Gasteiger partial charge on any atom is 0.321 e. The standard InChI is InChI=1S/C22H27ClN4O/c23-19-5-3-18(4-6-19)17-25-13-15-27(16-14-25)22(28)24-20-7-9-21(10-8-20)26-11-1-2-12-26/h3-10H,1-2,11-17H2,(H,24,28). The highest BCUT2D eigenvalue weighted by atomic mass is 35.5. The Morgan fingerprint density at radius 3 is 2.14 bits per heavy atom. The van der Waals surface area contributed by atoms with Crippen LogP contribution in [0.5, 0.6) is 0 Å². The van der Waals surface area contributed by atoms with Gasteiger partial charge < -0.3 is 15.1 Å². The second-order valence-electron chi connectivity index (χ2n) is 7.56. The van der Waals surface area contributed by atoms with Crippen molar-refractivity contribution >= 4 is 29.0 Å². The van der Waals surface area contributed by atoms with Gasteiger partial charge in [-0.15, -0.1) is 0 Å². The molecule has 0 unspecified atom stereocenters. The number of hydrogen-bond donors (Lipinski definition) is 1. The molecule has 2 aliphatic rings. The highest BCUT2D eigenvalue weighted by Gasteiger charge is 2.21. The number of amides is 2. The van der Waals surface area contributed by atoms with Gasteiger partial charge in [-0.1, -0.05) is 23.7 Å². The van der Waals surface area contributed by atoms with Gasteiger partial charge in [-0.2, -0.15) is 0 Å². The zero-order valence-corrected chi connectivity index (χ0v) is 16.9. The van der Waals surface area contributed by atoms with E-state index in [0.717, 1.165) is 56.5 Å². The summed E-state index contributed by atoms with van der Waals surface area (Å²) < 4.78 is 0. The summed E-state index contributed by atoms with van der Waals surface area (Å²) in [6.07, 6.45) is 2.53. The van der Waals surface area contributed by atoms with Gasteiger partial charge >= 0.3 is 6.03 Å². The Bertz CT molecular complexity index is 779. The molecule has 148 valence electrons. The van der Waals surface area contributed by atoms with Crippen molar-refractivity contribution in [1.29, 1.82) is 0 Å². The first-order valence-electron chi connectivity index (χ1n) is 10.1. The quantitative estimate of drug-likeness (QED) is 0.834. The molecule has 6 heteroatoms. The lowest BCUT2D eigenvalue weighted by atomic mass is 10.2. The molecule has 4 rings (SSSR count). The topological polar surface area (TPSA) is 38.8 Å². The molecule has 0 radical (unpaired) electrons. The molecule has 2 fully saturated rings. The Morgan fingerprint density at radius 1 is 0.857 bits per heavy atom. The van der Waals surface area contributed by atoms with Gasteiger partial charge in [0.1, 0.15) is 0 Å². The number of carbonyl (C=O) groups is 1. The van der Waals surface area contributed by atoms with E-state index >= 15 is 0 Å². The first kappa shape index (κ1) is 19.1. The molecule has 2 aromatic rings. The first-order chi connectivity index (χ1) is 13.7. The van der Waals surface area contributed by atoms with E-state index in [4.69, 9.17) is 11.6 Å². The van der Waals surface area contributed by atoms with E-state index in [1.165, 1.54) is 24.1 Å². The molecule has 0 bridgehead atoms. The number of hydrogen-bond acceptors (Lipinski definition) is 3. The molecule has 0 aliphatic carbocycles. The smallest absolute Gasteiger partial charge is 0.321 e. The highest BCUT2D eigenvalue weighted by molar-refractivity contribution is 6.30. The normalized spacial score (nSPS) is 17.8. The van der Waals surface area contributed by atoms with Gasteiger partial charge in [-0.05, 0) is 54.8 Å². The van der Waals surface area contributed by atoms with Crippen molar-refractivity contribution in [3.63, 3.8) is 0 Å². The summed E-state index contributed by atoms with van der Waals surface area (Å²) in [7, 11) is 0. The van der Waals surface area contributed by atoms with E-state index in [1.807, 2.05) is 29.2 Å². The van der Waals surface area contributed by atoms with Crippen LogP contribution in [0.1, 0.15) is 18.4 Å². The number of anilines is 2. The molecule has 0 atom stereocenters. The molecule has 2 aromatic carbocycles. The van der Waals surface area contributed by atoms with Crippen molar-refractivity contribution in [1.82, 2.24) is 9.80 Å². The minimum Gasteiger partial charge on any atom is -0.372 e. The Morgan fingerprint density at radius 2 is 1.50 bits per heavy atom. The summed E-state index contributed by atoms with van der Waals surface area (Å²) in [5.74, 6) is 0. The van der Waals surface area contributed by atoms with E-state index in [-0.39, 0.29) is 6.03 Å². The van der Waals surface area contributed by atoms with Crippen LogP contribution in [0, 0.1) is 0 Å². The zero-order valence-electron chi connectivity index (χ0n) is 16.1. The summed E-state index contributed by atoms with van der Waals surface area (Å²) in [5.41, 5.74) is 3.35. The number of rotatable bonds is 4. The average Bonchev–Trinajstić information content (AvgIpc) is 3.26. The molecule has 0 aromatic heterocycles. The Labute approximate surface area is 171 Å². The summed E-state index contributed by atoms with van der Waals surface area (Å²) in [5, 5.41) is 3.80. The van der Waals surface area contributed by atoms with Crippen LogP contribution < -0.4 is 10.2 Å². The van der Waals surface area contributed by atoms with Gasteiger partial charge in [0.15, 0.2) is 0 Å². The van der Waals surface area contributed by atoms with Gasteiger partial charge in [0.2, 0.25) is 0 Å². The predicted molar refractivity (Wildman–Crippen MR) is 115 cm³/mol. The highest BCUT2D eigenvalue weighted by Crippen LogP contribution is 2.22. The Balaban J connectivity index is 1.25. The van der Waals surface area contributed by atoms with Crippen LogP contribution >= 0.6 is 11.6 Å². The van der Waals surface area contributed by atoms with E-state index in [2.05, 4.69) is 39.4 Å². The lowest BCUT2D eigenvalue weighted by molar-refractivity contribution is 0.143. The van der Waals surface area contributed by atoms with E-state index in [9.17, 15) is 4.79 Å². The zero-order chi connectivity index (χ0) is 19.3. The fraction of sp³-hybridized carbons (Fsp3) is 0.409. The van der Waals surface area contributed by atoms with Crippen LogP contribution in [-0.4, -0.2) is 55.1 Å². The molecule has 0 spiro atoms. The third-order valence-corrected chi connectivity index (χ3v) is 5.82. The fourth-order valence-electron chi connectivity index (χ4n) is 3.89. The third kappa shape index (κ3) is 4.78.